The van der Waals surface area contributed by atoms with E-state index >= 15 is 0 Å². The Bertz CT molecular complexity index is 571. The minimum atomic E-state index is -0.186. The number of anilines is 1. The summed E-state index contributed by atoms with van der Waals surface area (Å²) < 4.78 is 14.5. The topological polar surface area (TPSA) is 15.3 Å². The Morgan fingerprint density at radius 3 is 2.80 bits per heavy atom. The Labute approximate surface area is 131 Å². The molecule has 0 aliphatic heterocycles. The summed E-state index contributed by atoms with van der Waals surface area (Å²) in [5.41, 5.74) is 2.06. The van der Waals surface area contributed by atoms with Gasteiger partial charge in [-0.1, -0.05) is 6.92 Å². The van der Waals surface area contributed by atoms with E-state index in [1.54, 1.807) is 17.4 Å². The quantitative estimate of drug-likeness (QED) is 0.825. The number of halogens is 2. The summed E-state index contributed by atoms with van der Waals surface area (Å²) >= 11 is 5.19. The van der Waals surface area contributed by atoms with Crippen LogP contribution in [-0.4, -0.2) is 13.6 Å². The predicted molar refractivity (Wildman–Crippen MR) is 87.9 cm³/mol. The zero-order valence-electron chi connectivity index (χ0n) is 11.6. The van der Waals surface area contributed by atoms with E-state index in [0.29, 0.717) is 6.54 Å². The molecule has 0 saturated carbocycles. The number of benzene rings is 1. The lowest BCUT2D eigenvalue weighted by Gasteiger charge is -2.22. The molecule has 5 heteroatoms. The van der Waals surface area contributed by atoms with Gasteiger partial charge < -0.3 is 10.2 Å². The molecule has 0 amide bonds. The Balaban J connectivity index is 2.17. The molecular weight excluding hydrogens is 339 g/mol. The van der Waals surface area contributed by atoms with Crippen molar-refractivity contribution in [3.8, 4) is 0 Å². The van der Waals surface area contributed by atoms with E-state index in [2.05, 4.69) is 37.6 Å². The Morgan fingerprint density at radius 1 is 1.35 bits per heavy atom. The van der Waals surface area contributed by atoms with E-state index < -0.39 is 0 Å². The standard InChI is InChI=1S/C15H18BrFN2S/c1-3-18-8-11-6-13(17)4-5-15(11)19(2)9-14-7-12(16)10-20-14/h4-7,10,18H,3,8-9H2,1-2H3. The molecule has 0 unspecified atom stereocenters. The van der Waals surface area contributed by atoms with Gasteiger partial charge in [0.1, 0.15) is 5.82 Å². The zero-order chi connectivity index (χ0) is 14.5. The van der Waals surface area contributed by atoms with Crippen LogP contribution < -0.4 is 10.2 Å². The van der Waals surface area contributed by atoms with Gasteiger partial charge in [0, 0.05) is 34.0 Å². The fraction of sp³-hybridized carbons (Fsp3) is 0.333. The van der Waals surface area contributed by atoms with E-state index in [9.17, 15) is 4.39 Å². The van der Waals surface area contributed by atoms with Gasteiger partial charge in [0.2, 0.25) is 0 Å². The van der Waals surface area contributed by atoms with Crippen LogP contribution in [0.15, 0.2) is 34.1 Å². The van der Waals surface area contributed by atoms with Crippen LogP contribution in [0.3, 0.4) is 0 Å². The smallest absolute Gasteiger partial charge is 0.123 e. The number of nitrogens with zero attached hydrogens (tertiary/aromatic N) is 1. The first-order chi connectivity index (χ1) is 9.60. The molecule has 20 heavy (non-hydrogen) atoms. The number of hydrogen-bond donors (Lipinski definition) is 1. The highest BCUT2D eigenvalue weighted by molar-refractivity contribution is 9.10. The van der Waals surface area contributed by atoms with E-state index in [1.165, 1.54) is 10.9 Å². The van der Waals surface area contributed by atoms with Crippen molar-refractivity contribution in [1.82, 2.24) is 5.32 Å². The summed E-state index contributed by atoms with van der Waals surface area (Å²) in [5, 5.41) is 5.33. The van der Waals surface area contributed by atoms with Crippen LogP contribution in [0.1, 0.15) is 17.4 Å². The van der Waals surface area contributed by atoms with Gasteiger partial charge in [0.15, 0.2) is 0 Å². The molecule has 0 aliphatic carbocycles. The third-order valence-electron chi connectivity index (χ3n) is 3.03. The summed E-state index contributed by atoms with van der Waals surface area (Å²) in [5.74, 6) is -0.186. The lowest BCUT2D eigenvalue weighted by atomic mass is 10.1. The fourth-order valence-electron chi connectivity index (χ4n) is 2.08. The molecule has 1 aromatic heterocycles. The highest BCUT2D eigenvalue weighted by Crippen LogP contribution is 2.26. The number of nitrogens with one attached hydrogen (secondary N) is 1. The third-order valence-corrected chi connectivity index (χ3v) is 4.72. The lowest BCUT2D eigenvalue weighted by Crippen LogP contribution is -2.20. The molecule has 0 spiro atoms. The molecule has 0 aliphatic rings. The maximum absolute atomic E-state index is 13.4. The average molecular weight is 357 g/mol. The number of thiophene rings is 1. The minimum absolute atomic E-state index is 0.186. The molecule has 1 N–H and O–H groups in total. The highest BCUT2D eigenvalue weighted by atomic mass is 79.9. The normalized spacial score (nSPS) is 10.8. The van der Waals surface area contributed by atoms with Gasteiger partial charge in [-0.05, 0) is 52.3 Å². The molecule has 2 nitrogen and oxygen atoms in total. The second-order valence-electron chi connectivity index (χ2n) is 4.64. The van der Waals surface area contributed by atoms with E-state index in [-0.39, 0.29) is 5.82 Å². The monoisotopic (exact) mass is 356 g/mol. The summed E-state index contributed by atoms with van der Waals surface area (Å²) in [6.07, 6.45) is 0. The molecule has 0 radical (unpaired) electrons. The van der Waals surface area contributed by atoms with E-state index in [0.717, 1.165) is 28.8 Å². The van der Waals surface area contributed by atoms with Gasteiger partial charge >= 0.3 is 0 Å². The molecule has 0 bridgehead atoms. The zero-order valence-corrected chi connectivity index (χ0v) is 14.0. The van der Waals surface area contributed by atoms with E-state index in [1.807, 2.05) is 20.0 Å². The van der Waals surface area contributed by atoms with Crippen LogP contribution in [-0.2, 0) is 13.1 Å². The second kappa shape index (κ2) is 7.20. The van der Waals surface area contributed by atoms with Crippen molar-refractivity contribution in [1.29, 1.82) is 0 Å². The van der Waals surface area contributed by atoms with Crippen molar-refractivity contribution in [3.05, 3.63) is 50.4 Å². The molecule has 1 heterocycles. The van der Waals surface area contributed by atoms with Gasteiger partial charge in [-0.15, -0.1) is 11.3 Å². The first kappa shape index (κ1) is 15.5. The number of hydrogen-bond acceptors (Lipinski definition) is 3. The Kier molecular flexibility index (Phi) is 5.57. The SMILES string of the molecule is CCNCc1cc(F)ccc1N(C)Cc1cc(Br)cs1. The molecule has 2 rings (SSSR count). The Hall–Kier alpha value is -0.910. The van der Waals surface area contributed by atoms with E-state index in [4.69, 9.17) is 0 Å². The van der Waals surface area contributed by atoms with Crippen LogP contribution in [0.4, 0.5) is 10.1 Å². The van der Waals surface area contributed by atoms with Crippen molar-refractivity contribution in [2.75, 3.05) is 18.5 Å². The van der Waals surface area contributed by atoms with Crippen molar-refractivity contribution >= 4 is 33.0 Å². The van der Waals surface area contributed by atoms with Crippen LogP contribution in [0.5, 0.6) is 0 Å². The van der Waals surface area contributed by atoms with Crippen LogP contribution in [0.2, 0.25) is 0 Å². The second-order valence-corrected chi connectivity index (χ2v) is 6.55. The maximum Gasteiger partial charge on any atom is 0.123 e. The molecule has 0 fully saturated rings. The summed E-state index contributed by atoms with van der Waals surface area (Å²) in [6, 6.07) is 7.10. The third kappa shape index (κ3) is 4.04. The minimum Gasteiger partial charge on any atom is -0.369 e. The Morgan fingerprint density at radius 2 is 2.15 bits per heavy atom. The molecule has 0 atom stereocenters. The van der Waals surface area contributed by atoms with Crippen LogP contribution in [0, 0.1) is 5.82 Å². The van der Waals surface area contributed by atoms with Crippen molar-refractivity contribution in [2.24, 2.45) is 0 Å². The van der Waals surface area contributed by atoms with Gasteiger partial charge in [0.25, 0.3) is 0 Å². The molecule has 1 aromatic carbocycles. The van der Waals surface area contributed by atoms with Crippen molar-refractivity contribution < 1.29 is 4.39 Å². The lowest BCUT2D eigenvalue weighted by molar-refractivity contribution is 0.621. The maximum atomic E-state index is 13.4. The summed E-state index contributed by atoms with van der Waals surface area (Å²) in [4.78, 5) is 3.43. The van der Waals surface area contributed by atoms with Gasteiger partial charge in [-0.25, -0.2) is 4.39 Å². The van der Waals surface area contributed by atoms with Crippen molar-refractivity contribution in [2.45, 2.75) is 20.0 Å². The highest BCUT2D eigenvalue weighted by Gasteiger charge is 2.10. The first-order valence-electron chi connectivity index (χ1n) is 6.53. The van der Waals surface area contributed by atoms with Crippen molar-refractivity contribution in [3.63, 3.8) is 0 Å². The van der Waals surface area contributed by atoms with Crippen LogP contribution >= 0.6 is 27.3 Å². The fourth-order valence-corrected chi connectivity index (χ4v) is 3.59. The average Bonchev–Trinajstić information content (AvgIpc) is 2.81. The molecule has 108 valence electrons. The van der Waals surface area contributed by atoms with Gasteiger partial charge in [0.05, 0.1) is 6.54 Å². The largest absolute Gasteiger partial charge is 0.369 e. The predicted octanol–water partition coefficient (Wildman–Crippen LogP) is 4.40. The number of rotatable bonds is 6. The molecule has 0 saturated heterocycles. The molecular formula is C15H18BrFN2S. The van der Waals surface area contributed by atoms with Gasteiger partial charge in [-0.2, -0.15) is 0 Å². The van der Waals surface area contributed by atoms with Crippen LogP contribution in [0.25, 0.3) is 0 Å². The first-order valence-corrected chi connectivity index (χ1v) is 8.20. The summed E-state index contributed by atoms with van der Waals surface area (Å²) in [7, 11) is 2.04. The molecule has 2 aromatic rings. The van der Waals surface area contributed by atoms with Gasteiger partial charge in [-0.3, -0.25) is 0 Å². The summed E-state index contributed by atoms with van der Waals surface area (Å²) in [6.45, 7) is 4.42.